The van der Waals surface area contributed by atoms with Crippen LogP contribution in [0.3, 0.4) is 0 Å². The van der Waals surface area contributed by atoms with Crippen LogP contribution in [0.1, 0.15) is 12.5 Å². The number of carbonyl (C=O) groups is 2. The predicted octanol–water partition coefficient (Wildman–Crippen LogP) is 0.612. The largest absolute Gasteiger partial charge is 0.480 e. The topological polar surface area (TPSA) is 78.4 Å². The molecule has 5 nitrogen and oxygen atoms in total. The molecule has 0 saturated carbocycles. The fourth-order valence-corrected chi connectivity index (χ4v) is 1.83. The summed E-state index contributed by atoms with van der Waals surface area (Å²) in [6.45, 7) is 1.45. The van der Waals surface area contributed by atoms with Gasteiger partial charge in [0.1, 0.15) is 12.1 Å². The van der Waals surface area contributed by atoms with Crippen molar-refractivity contribution in [2.24, 2.45) is 0 Å². The Labute approximate surface area is 98.8 Å². The Morgan fingerprint density at radius 3 is 2.82 bits per heavy atom. The van der Waals surface area contributed by atoms with Gasteiger partial charge in [0.05, 0.1) is 0 Å². The number of nitrogens with one attached hydrogen (secondary N) is 2. The second-order valence-electron chi connectivity index (χ2n) is 4.13. The van der Waals surface area contributed by atoms with E-state index in [9.17, 15) is 9.59 Å². The number of fused-ring (bicyclic) bond motifs is 1. The maximum Gasteiger partial charge on any atom is 0.325 e. The average Bonchev–Trinajstić information content (AvgIpc) is 2.72. The smallest absolute Gasteiger partial charge is 0.325 e. The Morgan fingerprint density at radius 2 is 2.18 bits per heavy atom. The van der Waals surface area contributed by atoms with Crippen LogP contribution in [0.2, 0.25) is 0 Å². The minimum Gasteiger partial charge on any atom is -0.480 e. The molecule has 0 fully saturated rings. The molecule has 0 aromatic heterocycles. The Bertz CT molecular complexity index is 434. The SMILES string of the molecule is C[C@H](NC(=O)[C@@H]1Cc2ccccc2N1)C(=O)O. The van der Waals surface area contributed by atoms with Gasteiger partial charge < -0.3 is 15.7 Å². The van der Waals surface area contributed by atoms with E-state index in [4.69, 9.17) is 5.11 Å². The number of carbonyl (C=O) groups excluding carboxylic acids is 1. The highest BCUT2D eigenvalue weighted by Crippen LogP contribution is 2.25. The van der Waals surface area contributed by atoms with E-state index in [1.807, 2.05) is 24.3 Å². The molecule has 0 radical (unpaired) electrons. The first-order chi connectivity index (χ1) is 8.08. The van der Waals surface area contributed by atoms with E-state index in [2.05, 4.69) is 10.6 Å². The van der Waals surface area contributed by atoms with Crippen molar-refractivity contribution in [3.63, 3.8) is 0 Å². The Balaban J connectivity index is 1.99. The average molecular weight is 234 g/mol. The number of aliphatic carboxylic acids is 1. The van der Waals surface area contributed by atoms with Crippen LogP contribution in [0.5, 0.6) is 0 Å². The molecule has 1 amide bonds. The molecule has 0 bridgehead atoms. The second-order valence-corrected chi connectivity index (χ2v) is 4.13. The normalized spacial score (nSPS) is 19.0. The van der Waals surface area contributed by atoms with Crippen molar-refractivity contribution < 1.29 is 14.7 Å². The molecule has 1 aromatic rings. The number of carboxylic acids is 1. The Morgan fingerprint density at radius 1 is 1.47 bits per heavy atom. The second kappa shape index (κ2) is 4.45. The zero-order valence-electron chi connectivity index (χ0n) is 9.43. The molecule has 5 heteroatoms. The molecule has 17 heavy (non-hydrogen) atoms. The molecule has 0 aliphatic carbocycles. The summed E-state index contributed by atoms with van der Waals surface area (Å²) in [5, 5.41) is 14.2. The van der Waals surface area contributed by atoms with Crippen LogP contribution >= 0.6 is 0 Å². The van der Waals surface area contributed by atoms with Gasteiger partial charge in [0.25, 0.3) is 0 Å². The third-order valence-corrected chi connectivity index (χ3v) is 2.82. The molecule has 0 saturated heterocycles. The van der Waals surface area contributed by atoms with Gasteiger partial charge in [-0.1, -0.05) is 18.2 Å². The maximum atomic E-state index is 11.8. The molecular formula is C12H14N2O3. The van der Waals surface area contributed by atoms with E-state index in [1.54, 1.807) is 0 Å². The van der Waals surface area contributed by atoms with E-state index in [1.165, 1.54) is 6.92 Å². The van der Waals surface area contributed by atoms with E-state index in [0.29, 0.717) is 6.42 Å². The standard InChI is InChI=1S/C12H14N2O3/c1-7(12(16)17)13-11(15)10-6-8-4-2-3-5-9(8)14-10/h2-5,7,10,14H,6H2,1H3,(H,13,15)(H,16,17)/t7-,10-/m0/s1. The third kappa shape index (κ3) is 2.38. The number of rotatable bonds is 3. The van der Waals surface area contributed by atoms with Crippen LogP contribution in [0.15, 0.2) is 24.3 Å². The van der Waals surface area contributed by atoms with Gasteiger partial charge >= 0.3 is 5.97 Å². The summed E-state index contributed by atoms with van der Waals surface area (Å²) in [4.78, 5) is 22.4. The van der Waals surface area contributed by atoms with Crippen LogP contribution in [-0.2, 0) is 16.0 Å². The van der Waals surface area contributed by atoms with Crippen molar-refractivity contribution >= 4 is 17.6 Å². The van der Waals surface area contributed by atoms with E-state index in [0.717, 1.165) is 11.3 Å². The number of amides is 1. The monoisotopic (exact) mass is 234 g/mol. The molecule has 1 heterocycles. The number of carboxylic acid groups (broad SMARTS) is 1. The molecule has 1 aliphatic heterocycles. The highest BCUT2D eigenvalue weighted by molar-refractivity contribution is 5.90. The van der Waals surface area contributed by atoms with Crippen LogP contribution in [0.4, 0.5) is 5.69 Å². The van der Waals surface area contributed by atoms with Gasteiger partial charge in [-0.05, 0) is 18.6 Å². The van der Waals surface area contributed by atoms with E-state index >= 15 is 0 Å². The van der Waals surface area contributed by atoms with Crippen molar-refractivity contribution in [3.8, 4) is 0 Å². The fraction of sp³-hybridized carbons (Fsp3) is 0.333. The summed E-state index contributed by atoms with van der Waals surface area (Å²) >= 11 is 0. The fourth-order valence-electron chi connectivity index (χ4n) is 1.83. The Kier molecular flexibility index (Phi) is 2.99. The van der Waals surface area contributed by atoms with E-state index in [-0.39, 0.29) is 11.9 Å². The van der Waals surface area contributed by atoms with Crippen molar-refractivity contribution in [1.29, 1.82) is 0 Å². The first-order valence-corrected chi connectivity index (χ1v) is 5.45. The molecule has 0 spiro atoms. The zero-order chi connectivity index (χ0) is 12.4. The minimum absolute atomic E-state index is 0.281. The number of hydrogen-bond donors (Lipinski definition) is 3. The van der Waals surface area contributed by atoms with Gasteiger partial charge in [-0.3, -0.25) is 9.59 Å². The number of hydrogen-bond acceptors (Lipinski definition) is 3. The number of anilines is 1. The van der Waals surface area contributed by atoms with Crippen molar-refractivity contribution in [2.75, 3.05) is 5.32 Å². The predicted molar refractivity (Wildman–Crippen MR) is 62.8 cm³/mol. The molecule has 2 rings (SSSR count). The molecule has 90 valence electrons. The zero-order valence-corrected chi connectivity index (χ0v) is 9.43. The molecule has 0 unspecified atom stereocenters. The first-order valence-electron chi connectivity index (χ1n) is 5.45. The maximum absolute atomic E-state index is 11.8. The van der Waals surface area contributed by atoms with E-state index < -0.39 is 12.0 Å². The van der Waals surface area contributed by atoms with Gasteiger partial charge in [0.15, 0.2) is 0 Å². The summed E-state index contributed by atoms with van der Waals surface area (Å²) in [5.74, 6) is -1.31. The summed E-state index contributed by atoms with van der Waals surface area (Å²) in [6.07, 6.45) is 0.592. The molecule has 1 aliphatic rings. The molecular weight excluding hydrogens is 220 g/mol. The van der Waals surface area contributed by atoms with Crippen LogP contribution in [-0.4, -0.2) is 29.1 Å². The quantitative estimate of drug-likeness (QED) is 0.716. The minimum atomic E-state index is -1.03. The third-order valence-electron chi connectivity index (χ3n) is 2.82. The molecule has 3 N–H and O–H groups in total. The van der Waals surface area contributed by atoms with Gasteiger partial charge in [0.2, 0.25) is 5.91 Å². The lowest BCUT2D eigenvalue weighted by Crippen LogP contribution is -2.45. The lowest BCUT2D eigenvalue weighted by Gasteiger charge is -2.14. The van der Waals surface area contributed by atoms with Crippen LogP contribution < -0.4 is 10.6 Å². The number of benzene rings is 1. The van der Waals surface area contributed by atoms with Gasteiger partial charge in [-0.2, -0.15) is 0 Å². The number of para-hydroxylation sites is 1. The van der Waals surface area contributed by atoms with Gasteiger partial charge in [0, 0.05) is 12.1 Å². The van der Waals surface area contributed by atoms with Crippen LogP contribution in [0.25, 0.3) is 0 Å². The summed E-state index contributed by atoms with van der Waals surface area (Å²) < 4.78 is 0. The van der Waals surface area contributed by atoms with Crippen molar-refractivity contribution in [2.45, 2.75) is 25.4 Å². The van der Waals surface area contributed by atoms with Gasteiger partial charge in [-0.15, -0.1) is 0 Å². The summed E-state index contributed by atoms with van der Waals surface area (Å²) in [7, 11) is 0. The first kappa shape index (κ1) is 11.4. The highest BCUT2D eigenvalue weighted by atomic mass is 16.4. The Hall–Kier alpha value is -2.04. The van der Waals surface area contributed by atoms with Crippen molar-refractivity contribution in [1.82, 2.24) is 5.32 Å². The van der Waals surface area contributed by atoms with Crippen LogP contribution in [0, 0.1) is 0 Å². The van der Waals surface area contributed by atoms with Gasteiger partial charge in [-0.25, -0.2) is 0 Å². The highest BCUT2D eigenvalue weighted by Gasteiger charge is 2.28. The lowest BCUT2D eigenvalue weighted by atomic mass is 10.1. The molecule has 2 atom stereocenters. The summed E-state index contributed by atoms with van der Waals surface area (Å²) in [5.41, 5.74) is 2.02. The summed E-state index contributed by atoms with van der Waals surface area (Å²) in [6, 6.07) is 6.42. The van der Waals surface area contributed by atoms with Crippen molar-refractivity contribution in [3.05, 3.63) is 29.8 Å². The molecule has 1 aromatic carbocycles. The lowest BCUT2D eigenvalue weighted by molar-refractivity contribution is -0.141.